The van der Waals surface area contributed by atoms with Crippen LogP contribution in [0.2, 0.25) is 0 Å². The quantitative estimate of drug-likeness (QED) is 0.214. The molecule has 8 heteroatoms. The van der Waals surface area contributed by atoms with E-state index in [0.29, 0.717) is 24.5 Å². The Hall–Kier alpha value is -3.65. The summed E-state index contributed by atoms with van der Waals surface area (Å²) in [5.41, 5.74) is 4.24. The summed E-state index contributed by atoms with van der Waals surface area (Å²) in [5.74, 6) is 1.21. The van der Waals surface area contributed by atoms with Crippen LogP contribution in [0, 0.1) is 10.1 Å². The Morgan fingerprint density at radius 2 is 1.74 bits per heavy atom. The van der Waals surface area contributed by atoms with Crippen LogP contribution in [0.1, 0.15) is 17.5 Å². The van der Waals surface area contributed by atoms with Crippen LogP contribution in [0.15, 0.2) is 88.9 Å². The summed E-state index contributed by atoms with van der Waals surface area (Å²) in [6, 6.07) is 23.4. The number of ether oxygens (including phenoxy) is 1. The summed E-state index contributed by atoms with van der Waals surface area (Å²) < 4.78 is 5.68. The van der Waals surface area contributed by atoms with Crippen molar-refractivity contribution >= 4 is 29.6 Å². The van der Waals surface area contributed by atoms with Gasteiger partial charge in [-0.05, 0) is 59.7 Å². The largest absolute Gasteiger partial charge is 0.489 e. The zero-order chi connectivity index (χ0) is 21.9. The molecule has 0 unspecified atom stereocenters. The number of carbonyl (C=O) groups excluding carboxylic acids is 1. The highest BCUT2D eigenvalue weighted by atomic mass is 32.2. The number of thioether (sulfide) groups is 1. The van der Waals surface area contributed by atoms with Gasteiger partial charge in [-0.15, -0.1) is 11.8 Å². The van der Waals surface area contributed by atoms with Gasteiger partial charge in [-0.2, -0.15) is 5.10 Å². The van der Waals surface area contributed by atoms with Gasteiger partial charge in [0.25, 0.3) is 5.69 Å². The number of hydrazone groups is 1. The number of nitro groups is 1. The van der Waals surface area contributed by atoms with E-state index in [1.54, 1.807) is 42.2 Å². The maximum absolute atomic E-state index is 11.9. The summed E-state index contributed by atoms with van der Waals surface area (Å²) in [4.78, 5) is 23.2. The molecule has 0 saturated heterocycles. The number of rotatable bonds is 10. The molecule has 3 aromatic carbocycles. The van der Waals surface area contributed by atoms with Crippen molar-refractivity contribution in [1.29, 1.82) is 0 Å². The zero-order valence-corrected chi connectivity index (χ0v) is 17.5. The Balaban J connectivity index is 1.38. The summed E-state index contributed by atoms with van der Waals surface area (Å²) in [6.45, 7) is 0.308. The lowest BCUT2D eigenvalue weighted by atomic mass is 10.2. The van der Waals surface area contributed by atoms with Crippen molar-refractivity contribution < 1.29 is 14.5 Å². The molecule has 158 valence electrons. The molecule has 1 amide bonds. The van der Waals surface area contributed by atoms with Crippen molar-refractivity contribution in [2.24, 2.45) is 5.10 Å². The molecule has 1 N–H and O–H groups in total. The average molecular weight is 436 g/mol. The van der Waals surface area contributed by atoms with Gasteiger partial charge >= 0.3 is 0 Å². The minimum atomic E-state index is -0.433. The number of non-ortho nitro benzene ring substituents is 1. The second-order valence-electron chi connectivity index (χ2n) is 6.49. The van der Waals surface area contributed by atoms with Crippen molar-refractivity contribution in [3.63, 3.8) is 0 Å². The first-order chi connectivity index (χ1) is 15.1. The van der Waals surface area contributed by atoms with E-state index in [4.69, 9.17) is 4.74 Å². The van der Waals surface area contributed by atoms with Crippen LogP contribution in [0.25, 0.3) is 0 Å². The lowest BCUT2D eigenvalue weighted by Gasteiger charge is -2.06. The molecule has 0 aliphatic rings. The van der Waals surface area contributed by atoms with E-state index in [2.05, 4.69) is 10.5 Å². The van der Waals surface area contributed by atoms with Crippen LogP contribution in [-0.4, -0.2) is 22.8 Å². The molecule has 31 heavy (non-hydrogen) atoms. The van der Waals surface area contributed by atoms with Gasteiger partial charge in [-0.1, -0.05) is 18.2 Å². The van der Waals surface area contributed by atoms with Crippen LogP contribution in [0.4, 0.5) is 5.69 Å². The standard InChI is InChI=1S/C23H21N3O4S/c27-23(14-15-31-22-4-2-1-3-5-22)25-24-16-18-8-12-21(13-9-18)30-17-19-6-10-20(11-7-19)26(28)29/h1-13,16H,14-15,17H2,(H,25,27)/b24-16-. The molecule has 7 nitrogen and oxygen atoms in total. The molecule has 0 atom stereocenters. The Morgan fingerprint density at radius 3 is 2.42 bits per heavy atom. The molecule has 0 bridgehead atoms. The molecule has 0 radical (unpaired) electrons. The molecule has 3 rings (SSSR count). The van der Waals surface area contributed by atoms with Crippen LogP contribution in [-0.2, 0) is 11.4 Å². The molecule has 0 saturated carbocycles. The van der Waals surface area contributed by atoms with E-state index in [9.17, 15) is 14.9 Å². The molecule has 0 spiro atoms. The highest BCUT2D eigenvalue weighted by molar-refractivity contribution is 7.99. The number of hydrogen-bond acceptors (Lipinski definition) is 6. The summed E-state index contributed by atoms with van der Waals surface area (Å²) in [5, 5.41) is 14.7. The monoisotopic (exact) mass is 435 g/mol. The van der Waals surface area contributed by atoms with Crippen molar-refractivity contribution in [3.8, 4) is 5.75 Å². The predicted octanol–water partition coefficient (Wildman–Crippen LogP) is 4.81. The molecular formula is C23H21N3O4S. The third kappa shape index (κ3) is 7.60. The topological polar surface area (TPSA) is 93.8 Å². The van der Waals surface area contributed by atoms with E-state index >= 15 is 0 Å². The Bertz CT molecular complexity index is 1020. The van der Waals surface area contributed by atoms with Gasteiger partial charge in [0.15, 0.2) is 0 Å². The number of amides is 1. The Kier molecular flexibility index (Phi) is 8.19. The van der Waals surface area contributed by atoms with Crippen LogP contribution in [0.3, 0.4) is 0 Å². The van der Waals surface area contributed by atoms with Gasteiger partial charge < -0.3 is 4.74 Å². The van der Waals surface area contributed by atoms with Crippen molar-refractivity contribution in [2.75, 3.05) is 5.75 Å². The molecule has 0 aliphatic carbocycles. The number of hydrogen-bond donors (Lipinski definition) is 1. The van der Waals surface area contributed by atoms with Gasteiger partial charge in [0, 0.05) is 29.2 Å². The minimum Gasteiger partial charge on any atom is -0.489 e. The molecular weight excluding hydrogens is 414 g/mol. The fraction of sp³-hybridized carbons (Fsp3) is 0.130. The van der Waals surface area contributed by atoms with Gasteiger partial charge in [0.05, 0.1) is 11.1 Å². The maximum atomic E-state index is 11.9. The highest BCUT2D eigenvalue weighted by Crippen LogP contribution is 2.18. The van der Waals surface area contributed by atoms with Crippen LogP contribution < -0.4 is 10.2 Å². The summed E-state index contributed by atoms with van der Waals surface area (Å²) >= 11 is 1.63. The first-order valence-electron chi connectivity index (χ1n) is 9.56. The first kappa shape index (κ1) is 22.0. The fourth-order valence-electron chi connectivity index (χ4n) is 2.54. The normalized spacial score (nSPS) is 10.7. The van der Waals surface area contributed by atoms with E-state index in [-0.39, 0.29) is 11.6 Å². The highest BCUT2D eigenvalue weighted by Gasteiger charge is 2.04. The fourth-order valence-corrected chi connectivity index (χ4v) is 3.42. The smallest absolute Gasteiger partial charge is 0.269 e. The number of nitro benzene ring substituents is 1. The van der Waals surface area contributed by atoms with Crippen molar-refractivity contribution in [3.05, 3.63) is 100 Å². The third-order valence-electron chi connectivity index (χ3n) is 4.18. The number of nitrogens with one attached hydrogen (secondary N) is 1. The van der Waals surface area contributed by atoms with Crippen molar-refractivity contribution in [2.45, 2.75) is 17.9 Å². The SMILES string of the molecule is O=C(CCSc1ccccc1)N/N=C\c1ccc(OCc2ccc([N+](=O)[O-])cc2)cc1. The summed E-state index contributed by atoms with van der Waals surface area (Å²) in [7, 11) is 0. The van der Waals surface area contributed by atoms with Gasteiger partial charge in [0.1, 0.15) is 12.4 Å². The lowest BCUT2D eigenvalue weighted by Crippen LogP contribution is -2.17. The molecule has 0 aromatic heterocycles. The second kappa shape index (κ2) is 11.5. The van der Waals surface area contributed by atoms with E-state index in [0.717, 1.165) is 16.0 Å². The second-order valence-corrected chi connectivity index (χ2v) is 7.65. The lowest BCUT2D eigenvalue weighted by molar-refractivity contribution is -0.384. The minimum absolute atomic E-state index is 0.0504. The van der Waals surface area contributed by atoms with Gasteiger partial charge in [-0.25, -0.2) is 5.43 Å². The summed E-state index contributed by atoms with van der Waals surface area (Å²) in [6.07, 6.45) is 1.95. The van der Waals surface area contributed by atoms with E-state index in [1.807, 2.05) is 42.5 Å². The number of benzene rings is 3. The first-order valence-corrected chi connectivity index (χ1v) is 10.5. The van der Waals surface area contributed by atoms with E-state index in [1.165, 1.54) is 12.1 Å². The predicted molar refractivity (Wildman–Crippen MR) is 121 cm³/mol. The molecule has 0 heterocycles. The van der Waals surface area contributed by atoms with Crippen molar-refractivity contribution in [1.82, 2.24) is 5.43 Å². The van der Waals surface area contributed by atoms with E-state index < -0.39 is 4.92 Å². The number of carbonyl (C=O) groups is 1. The van der Waals surface area contributed by atoms with Gasteiger partial charge in [0.2, 0.25) is 5.91 Å². The third-order valence-corrected chi connectivity index (χ3v) is 5.19. The Morgan fingerprint density at radius 1 is 1.03 bits per heavy atom. The molecule has 0 aliphatic heterocycles. The van der Waals surface area contributed by atoms with Crippen LogP contribution >= 0.6 is 11.8 Å². The zero-order valence-electron chi connectivity index (χ0n) is 16.6. The van der Waals surface area contributed by atoms with Gasteiger partial charge in [-0.3, -0.25) is 14.9 Å². The van der Waals surface area contributed by atoms with Crippen LogP contribution in [0.5, 0.6) is 5.75 Å². The molecule has 3 aromatic rings. The maximum Gasteiger partial charge on any atom is 0.269 e. The molecule has 0 fully saturated rings. The number of nitrogens with zero attached hydrogens (tertiary/aromatic N) is 2. The Labute approximate surface area is 184 Å². The average Bonchev–Trinajstić information content (AvgIpc) is 2.79.